The Morgan fingerprint density at radius 2 is 2.10 bits per heavy atom. The highest BCUT2D eigenvalue weighted by atomic mass is 16.5. The van der Waals surface area contributed by atoms with Crippen LogP contribution < -0.4 is 11.1 Å². The minimum Gasteiger partial charge on any atom is -0.465 e. The summed E-state index contributed by atoms with van der Waals surface area (Å²) in [6.45, 7) is 3.37. The number of hydrogen-bond donors (Lipinski definition) is 2. The molecule has 0 spiro atoms. The van der Waals surface area contributed by atoms with E-state index in [1.54, 1.807) is 6.92 Å². The molecule has 1 aliphatic rings. The standard InChI is InChI=1S/C14H20N4O3/c1-9(13(19)18-5-3-4-6-18)17-12-7-10(14(20)21-2)11(15)8-16-12/h7-9H,3-6,15H2,1-2H3,(H,16,17). The average molecular weight is 292 g/mol. The number of esters is 1. The number of pyridine rings is 1. The van der Waals surface area contributed by atoms with E-state index in [4.69, 9.17) is 5.73 Å². The average Bonchev–Trinajstić information content (AvgIpc) is 3.01. The van der Waals surface area contributed by atoms with Crippen LogP contribution in [0.3, 0.4) is 0 Å². The van der Waals surface area contributed by atoms with Crippen LogP contribution in [0.15, 0.2) is 12.3 Å². The number of methoxy groups -OCH3 is 1. The maximum Gasteiger partial charge on any atom is 0.340 e. The first-order valence-corrected chi connectivity index (χ1v) is 6.92. The number of nitrogens with zero attached hydrogens (tertiary/aromatic N) is 2. The summed E-state index contributed by atoms with van der Waals surface area (Å²) in [6.07, 6.45) is 3.47. The Kier molecular flexibility index (Phi) is 4.62. The quantitative estimate of drug-likeness (QED) is 0.799. The van der Waals surface area contributed by atoms with Crippen LogP contribution in [-0.2, 0) is 9.53 Å². The van der Waals surface area contributed by atoms with Gasteiger partial charge in [-0.2, -0.15) is 0 Å². The highest BCUT2D eigenvalue weighted by Crippen LogP contribution is 2.17. The van der Waals surface area contributed by atoms with Gasteiger partial charge in [-0.3, -0.25) is 4.79 Å². The molecule has 7 nitrogen and oxygen atoms in total. The maximum absolute atomic E-state index is 12.2. The van der Waals surface area contributed by atoms with Gasteiger partial charge in [0.15, 0.2) is 0 Å². The van der Waals surface area contributed by atoms with Gasteiger partial charge in [0.05, 0.1) is 24.6 Å². The van der Waals surface area contributed by atoms with Crippen molar-refractivity contribution in [3.63, 3.8) is 0 Å². The lowest BCUT2D eigenvalue weighted by Gasteiger charge is -2.21. The highest BCUT2D eigenvalue weighted by Gasteiger charge is 2.23. The van der Waals surface area contributed by atoms with Crippen LogP contribution in [0.1, 0.15) is 30.1 Å². The number of carbonyl (C=O) groups is 2. The summed E-state index contributed by atoms with van der Waals surface area (Å²) < 4.78 is 4.66. The van der Waals surface area contributed by atoms with E-state index in [0.717, 1.165) is 25.9 Å². The monoisotopic (exact) mass is 292 g/mol. The van der Waals surface area contributed by atoms with E-state index in [-0.39, 0.29) is 17.2 Å². The molecule has 1 aromatic heterocycles. The molecule has 114 valence electrons. The molecule has 1 fully saturated rings. The molecule has 2 rings (SSSR count). The molecule has 0 saturated carbocycles. The van der Waals surface area contributed by atoms with Crippen molar-refractivity contribution in [2.45, 2.75) is 25.8 Å². The molecule has 21 heavy (non-hydrogen) atoms. The summed E-state index contributed by atoms with van der Waals surface area (Å²) in [4.78, 5) is 29.7. The minimum atomic E-state index is -0.531. The highest BCUT2D eigenvalue weighted by molar-refractivity contribution is 5.95. The number of anilines is 2. The molecule has 1 saturated heterocycles. The van der Waals surface area contributed by atoms with Gasteiger partial charge in [0, 0.05) is 13.1 Å². The molecule has 1 aromatic rings. The molecule has 7 heteroatoms. The summed E-state index contributed by atoms with van der Waals surface area (Å²) >= 11 is 0. The van der Waals surface area contributed by atoms with Gasteiger partial charge < -0.3 is 20.7 Å². The Labute approximate surface area is 123 Å². The number of aromatic nitrogens is 1. The summed E-state index contributed by atoms with van der Waals surface area (Å²) in [5.74, 6) is -0.0770. The van der Waals surface area contributed by atoms with Gasteiger partial charge in [-0.05, 0) is 25.8 Å². The van der Waals surface area contributed by atoms with Crippen molar-refractivity contribution in [2.24, 2.45) is 0 Å². The van der Waals surface area contributed by atoms with E-state index in [2.05, 4.69) is 15.0 Å². The number of nitrogens with two attached hydrogens (primary N) is 1. The third kappa shape index (κ3) is 3.42. The smallest absolute Gasteiger partial charge is 0.340 e. The largest absolute Gasteiger partial charge is 0.465 e. The Morgan fingerprint density at radius 1 is 1.43 bits per heavy atom. The van der Waals surface area contributed by atoms with Crippen LogP contribution in [0.25, 0.3) is 0 Å². The summed E-state index contributed by atoms with van der Waals surface area (Å²) in [7, 11) is 1.29. The van der Waals surface area contributed by atoms with E-state index in [1.165, 1.54) is 19.4 Å². The number of likely N-dealkylation sites (tertiary alicyclic amines) is 1. The van der Waals surface area contributed by atoms with Crippen LogP contribution in [0.2, 0.25) is 0 Å². The number of nitrogens with one attached hydrogen (secondary N) is 1. The van der Waals surface area contributed by atoms with E-state index >= 15 is 0 Å². The zero-order valence-electron chi connectivity index (χ0n) is 12.3. The first kappa shape index (κ1) is 15.1. The Morgan fingerprint density at radius 3 is 2.71 bits per heavy atom. The van der Waals surface area contributed by atoms with Crippen molar-refractivity contribution >= 4 is 23.4 Å². The molecule has 0 aromatic carbocycles. The predicted molar refractivity (Wildman–Crippen MR) is 78.9 cm³/mol. The summed E-state index contributed by atoms with van der Waals surface area (Å²) in [5, 5.41) is 3.00. The molecule has 1 atom stereocenters. The van der Waals surface area contributed by atoms with Crippen LogP contribution >= 0.6 is 0 Å². The van der Waals surface area contributed by atoms with Crippen LogP contribution in [0.5, 0.6) is 0 Å². The van der Waals surface area contributed by atoms with Gasteiger partial charge >= 0.3 is 5.97 Å². The molecule has 2 heterocycles. The van der Waals surface area contributed by atoms with Gasteiger partial charge in [-0.1, -0.05) is 0 Å². The van der Waals surface area contributed by atoms with E-state index < -0.39 is 12.0 Å². The normalized spacial score (nSPS) is 15.6. The zero-order valence-corrected chi connectivity index (χ0v) is 12.3. The fourth-order valence-corrected chi connectivity index (χ4v) is 2.33. The summed E-state index contributed by atoms with van der Waals surface area (Å²) in [5.41, 5.74) is 6.16. The lowest BCUT2D eigenvalue weighted by Crippen LogP contribution is -2.39. The number of nitrogen functional groups attached to an aromatic ring is 1. The van der Waals surface area contributed by atoms with E-state index in [9.17, 15) is 9.59 Å². The van der Waals surface area contributed by atoms with Crippen LogP contribution in [-0.4, -0.2) is 48.0 Å². The third-order valence-corrected chi connectivity index (χ3v) is 3.49. The molecule has 1 aliphatic heterocycles. The van der Waals surface area contributed by atoms with Crippen molar-refractivity contribution in [2.75, 3.05) is 31.2 Å². The SMILES string of the molecule is COC(=O)c1cc(NC(C)C(=O)N2CCCC2)ncc1N. The topological polar surface area (TPSA) is 97.5 Å². The molecule has 0 aliphatic carbocycles. The number of rotatable bonds is 4. The Balaban J connectivity index is 2.08. The van der Waals surface area contributed by atoms with Crippen molar-refractivity contribution < 1.29 is 14.3 Å². The van der Waals surface area contributed by atoms with E-state index in [0.29, 0.717) is 5.82 Å². The van der Waals surface area contributed by atoms with E-state index in [1.807, 2.05) is 4.90 Å². The number of ether oxygens (including phenoxy) is 1. The first-order valence-electron chi connectivity index (χ1n) is 6.92. The van der Waals surface area contributed by atoms with Crippen LogP contribution in [0, 0.1) is 0 Å². The third-order valence-electron chi connectivity index (χ3n) is 3.49. The van der Waals surface area contributed by atoms with Gasteiger partial charge in [0.25, 0.3) is 0 Å². The second-order valence-corrected chi connectivity index (χ2v) is 5.05. The van der Waals surface area contributed by atoms with Crippen molar-refractivity contribution in [1.29, 1.82) is 0 Å². The van der Waals surface area contributed by atoms with Gasteiger partial charge in [-0.15, -0.1) is 0 Å². The number of hydrogen-bond acceptors (Lipinski definition) is 6. The zero-order chi connectivity index (χ0) is 15.4. The fourth-order valence-electron chi connectivity index (χ4n) is 2.33. The molecule has 3 N–H and O–H groups in total. The van der Waals surface area contributed by atoms with Crippen LogP contribution in [0.4, 0.5) is 11.5 Å². The fraction of sp³-hybridized carbons (Fsp3) is 0.500. The predicted octanol–water partition coefficient (Wildman–Crippen LogP) is 0.873. The second kappa shape index (κ2) is 6.43. The number of amides is 1. The van der Waals surface area contributed by atoms with Gasteiger partial charge in [-0.25, -0.2) is 9.78 Å². The molecular formula is C14H20N4O3. The molecule has 0 bridgehead atoms. The Bertz CT molecular complexity index is 541. The minimum absolute atomic E-state index is 0.0331. The lowest BCUT2D eigenvalue weighted by atomic mass is 10.2. The van der Waals surface area contributed by atoms with Gasteiger partial charge in [0.2, 0.25) is 5.91 Å². The molecule has 0 radical (unpaired) electrons. The first-order chi connectivity index (χ1) is 10.0. The van der Waals surface area contributed by atoms with Gasteiger partial charge in [0.1, 0.15) is 11.9 Å². The van der Waals surface area contributed by atoms with Crippen molar-refractivity contribution in [1.82, 2.24) is 9.88 Å². The molecule has 1 unspecified atom stereocenters. The van der Waals surface area contributed by atoms with Crippen molar-refractivity contribution in [3.05, 3.63) is 17.8 Å². The molecule has 1 amide bonds. The maximum atomic E-state index is 12.2. The second-order valence-electron chi connectivity index (χ2n) is 5.05. The number of carbonyl (C=O) groups excluding carboxylic acids is 2. The lowest BCUT2D eigenvalue weighted by molar-refractivity contribution is -0.130. The summed E-state index contributed by atoms with van der Waals surface area (Å²) in [6, 6.07) is 1.08. The van der Waals surface area contributed by atoms with Crippen molar-refractivity contribution in [3.8, 4) is 0 Å². The Hall–Kier alpha value is -2.31. The molecular weight excluding hydrogens is 272 g/mol.